The number of hydrogen-bond acceptors (Lipinski definition) is 3. The molecule has 0 aromatic carbocycles. The van der Waals surface area contributed by atoms with Crippen molar-refractivity contribution in [3.63, 3.8) is 0 Å². The summed E-state index contributed by atoms with van der Waals surface area (Å²) in [6.45, 7) is 11.4. The molecule has 0 spiro atoms. The van der Waals surface area contributed by atoms with E-state index >= 15 is 0 Å². The fraction of sp³-hybridized carbons (Fsp3) is 1.00. The number of ether oxygens (including phenoxy) is 1. The van der Waals surface area contributed by atoms with Crippen molar-refractivity contribution in [3.05, 3.63) is 0 Å². The summed E-state index contributed by atoms with van der Waals surface area (Å²) in [6, 6.07) is 1.38. The van der Waals surface area contributed by atoms with Crippen LogP contribution in [0.2, 0.25) is 0 Å². The second-order valence-electron chi connectivity index (χ2n) is 5.68. The Morgan fingerprint density at radius 3 is 2.76 bits per heavy atom. The van der Waals surface area contributed by atoms with Gasteiger partial charge in [0, 0.05) is 31.8 Å². The van der Waals surface area contributed by atoms with Crippen LogP contribution in [0.3, 0.4) is 0 Å². The lowest BCUT2D eigenvalue weighted by atomic mass is 9.86. The van der Waals surface area contributed by atoms with Crippen LogP contribution in [0.5, 0.6) is 0 Å². The normalized spacial score (nSPS) is 39.7. The molecule has 0 bridgehead atoms. The van der Waals surface area contributed by atoms with E-state index in [1.807, 2.05) is 0 Å². The van der Waals surface area contributed by atoms with Gasteiger partial charge in [-0.25, -0.2) is 0 Å². The van der Waals surface area contributed by atoms with Crippen LogP contribution in [0, 0.1) is 5.92 Å². The van der Waals surface area contributed by atoms with Crippen molar-refractivity contribution < 1.29 is 4.74 Å². The fourth-order valence-electron chi connectivity index (χ4n) is 3.30. The summed E-state index contributed by atoms with van der Waals surface area (Å²) < 4.78 is 5.76. The first-order chi connectivity index (χ1) is 8.22. The number of hydrogen-bond donors (Lipinski definition) is 1. The van der Waals surface area contributed by atoms with Gasteiger partial charge in [0.1, 0.15) is 0 Å². The number of likely N-dealkylation sites (tertiary alicyclic amines) is 1. The number of nitrogens with zero attached hydrogens (tertiary/aromatic N) is 1. The van der Waals surface area contributed by atoms with Crippen LogP contribution >= 0.6 is 0 Å². The Kier molecular flexibility index (Phi) is 4.83. The first kappa shape index (κ1) is 13.3. The average Bonchev–Trinajstić information content (AvgIpc) is 2.82. The highest BCUT2D eigenvalue weighted by Crippen LogP contribution is 2.25. The summed E-state index contributed by atoms with van der Waals surface area (Å²) >= 11 is 0. The van der Waals surface area contributed by atoms with Crippen LogP contribution in [0.4, 0.5) is 0 Å². The zero-order chi connectivity index (χ0) is 12.3. The molecule has 2 fully saturated rings. The number of piperidine rings is 1. The molecule has 0 radical (unpaired) electrons. The van der Waals surface area contributed by atoms with Crippen molar-refractivity contribution in [2.24, 2.45) is 5.92 Å². The first-order valence-electron chi connectivity index (χ1n) is 7.31. The van der Waals surface area contributed by atoms with E-state index in [0.29, 0.717) is 18.2 Å². The maximum absolute atomic E-state index is 5.76. The van der Waals surface area contributed by atoms with E-state index in [2.05, 4.69) is 31.0 Å². The Balaban J connectivity index is 1.84. The lowest BCUT2D eigenvalue weighted by molar-refractivity contribution is 0.0231. The Morgan fingerprint density at radius 1 is 1.29 bits per heavy atom. The molecule has 100 valence electrons. The molecule has 1 N–H and O–H groups in total. The average molecular weight is 240 g/mol. The Bertz CT molecular complexity index is 228. The molecule has 3 nitrogen and oxygen atoms in total. The third-order valence-electron chi connectivity index (χ3n) is 4.63. The van der Waals surface area contributed by atoms with E-state index < -0.39 is 0 Å². The summed E-state index contributed by atoms with van der Waals surface area (Å²) in [5.74, 6) is 0.741. The SMILES string of the molecule is CCNC1CCN(CC2CCCO2)C(C)C1C. The van der Waals surface area contributed by atoms with Crippen molar-refractivity contribution in [2.75, 3.05) is 26.2 Å². The molecule has 2 aliphatic heterocycles. The minimum absolute atomic E-state index is 0.500. The van der Waals surface area contributed by atoms with Gasteiger partial charge >= 0.3 is 0 Å². The molecule has 2 aliphatic rings. The summed E-state index contributed by atoms with van der Waals surface area (Å²) in [6.07, 6.45) is 4.29. The van der Waals surface area contributed by atoms with Gasteiger partial charge in [0.25, 0.3) is 0 Å². The second kappa shape index (κ2) is 6.17. The molecule has 0 aromatic rings. The molecule has 3 heteroatoms. The minimum Gasteiger partial charge on any atom is -0.377 e. The highest BCUT2D eigenvalue weighted by atomic mass is 16.5. The van der Waals surface area contributed by atoms with Gasteiger partial charge in [-0.15, -0.1) is 0 Å². The van der Waals surface area contributed by atoms with E-state index in [1.165, 1.54) is 25.8 Å². The third kappa shape index (κ3) is 3.21. The Labute approximate surface area is 106 Å². The summed E-state index contributed by atoms with van der Waals surface area (Å²) in [5.41, 5.74) is 0. The lowest BCUT2D eigenvalue weighted by Crippen LogP contribution is -2.54. The Morgan fingerprint density at radius 2 is 2.12 bits per heavy atom. The largest absolute Gasteiger partial charge is 0.377 e. The molecule has 4 atom stereocenters. The molecule has 17 heavy (non-hydrogen) atoms. The topological polar surface area (TPSA) is 24.5 Å². The highest BCUT2D eigenvalue weighted by molar-refractivity contribution is 4.89. The number of rotatable bonds is 4. The van der Waals surface area contributed by atoms with Gasteiger partial charge in [-0.1, -0.05) is 13.8 Å². The monoisotopic (exact) mass is 240 g/mol. The summed E-state index contributed by atoms with van der Waals surface area (Å²) in [7, 11) is 0. The molecule has 0 aromatic heterocycles. The van der Waals surface area contributed by atoms with E-state index in [-0.39, 0.29) is 0 Å². The predicted molar refractivity (Wildman–Crippen MR) is 71.3 cm³/mol. The van der Waals surface area contributed by atoms with Gasteiger partial charge in [0.15, 0.2) is 0 Å². The van der Waals surface area contributed by atoms with Crippen molar-refractivity contribution in [1.29, 1.82) is 0 Å². The Hall–Kier alpha value is -0.120. The molecular formula is C14H28N2O. The molecule has 0 aliphatic carbocycles. The zero-order valence-electron chi connectivity index (χ0n) is 11.6. The van der Waals surface area contributed by atoms with Crippen LogP contribution in [-0.2, 0) is 4.74 Å². The molecule has 2 heterocycles. The van der Waals surface area contributed by atoms with Crippen molar-refractivity contribution in [1.82, 2.24) is 10.2 Å². The molecule has 0 saturated carbocycles. The standard InChI is InChI=1S/C14H28N2O/c1-4-15-14-7-8-16(12(3)11(14)2)10-13-6-5-9-17-13/h11-15H,4-10H2,1-3H3. The fourth-order valence-corrected chi connectivity index (χ4v) is 3.30. The summed E-state index contributed by atoms with van der Waals surface area (Å²) in [5, 5.41) is 3.62. The van der Waals surface area contributed by atoms with Crippen molar-refractivity contribution >= 4 is 0 Å². The van der Waals surface area contributed by atoms with Gasteiger partial charge in [0.2, 0.25) is 0 Å². The van der Waals surface area contributed by atoms with Crippen molar-refractivity contribution in [3.8, 4) is 0 Å². The molecular weight excluding hydrogens is 212 g/mol. The first-order valence-corrected chi connectivity index (χ1v) is 7.31. The second-order valence-corrected chi connectivity index (χ2v) is 5.68. The van der Waals surface area contributed by atoms with Gasteiger partial charge in [-0.2, -0.15) is 0 Å². The third-order valence-corrected chi connectivity index (χ3v) is 4.63. The van der Waals surface area contributed by atoms with Crippen LogP contribution in [-0.4, -0.2) is 49.3 Å². The van der Waals surface area contributed by atoms with Crippen molar-refractivity contribution in [2.45, 2.75) is 58.2 Å². The van der Waals surface area contributed by atoms with Crippen LogP contribution in [0.1, 0.15) is 40.0 Å². The van der Waals surface area contributed by atoms with Gasteiger partial charge in [0.05, 0.1) is 6.10 Å². The lowest BCUT2D eigenvalue weighted by Gasteiger charge is -2.43. The van der Waals surface area contributed by atoms with Crippen LogP contribution < -0.4 is 5.32 Å². The van der Waals surface area contributed by atoms with Crippen LogP contribution in [0.15, 0.2) is 0 Å². The van der Waals surface area contributed by atoms with E-state index in [9.17, 15) is 0 Å². The van der Waals surface area contributed by atoms with E-state index in [0.717, 1.165) is 25.6 Å². The minimum atomic E-state index is 0.500. The van der Waals surface area contributed by atoms with Gasteiger partial charge in [-0.3, -0.25) is 4.90 Å². The smallest absolute Gasteiger partial charge is 0.0702 e. The van der Waals surface area contributed by atoms with Crippen LogP contribution in [0.25, 0.3) is 0 Å². The van der Waals surface area contributed by atoms with Gasteiger partial charge < -0.3 is 10.1 Å². The molecule has 0 amide bonds. The zero-order valence-corrected chi connectivity index (χ0v) is 11.6. The maximum atomic E-state index is 5.76. The molecule has 2 saturated heterocycles. The van der Waals surface area contributed by atoms with Gasteiger partial charge in [-0.05, 0) is 38.6 Å². The maximum Gasteiger partial charge on any atom is 0.0702 e. The quantitative estimate of drug-likeness (QED) is 0.812. The molecule has 2 rings (SSSR count). The summed E-state index contributed by atoms with van der Waals surface area (Å²) in [4.78, 5) is 2.63. The number of nitrogens with one attached hydrogen (secondary N) is 1. The predicted octanol–water partition coefficient (Wildman–Crippen LogP) is 1.87. The van der Waals surface area contributed by atoms with E-state index in [4.69, 9.17) is 4.74 Å². The van der Waals surface area contributed by atoms with E-state index in [1.54, 1.807) is 0 Å². The molecule has 4 unspecified atom stereocenters. The highest BCUT2D eigenvalue weighted by Gasteiger charge is 2.33.